The molecule has 0 bridgehead atoms. The molecule has 0 atom stereocenters. The zero-order valence-corrected chi connectivity index (χ0v) is 15.7. The quantitative estimate of drug-likeness (QED) is 0.815. The van der Waals surface area contributed by atoms with Crippen molar-refractivity contribution >= 4 is 5.91 Å². The molecule has 0 aromatic heterocycles. The van der Waals surface area contributed by atoms with E-state index in [1.165, 1.54) is 11.1 Å². The van der Waals surface area contributed by atoms with E-state index in [4.69, 9.17) is 9.47 Å². The molecule has 2 rings (SSSR count). The molecular formula is C21H27NO3. The van der Waals surface area contributed by atoms with Crippen molar-refractivity contribution in [3.05, 3.63) is 58.1 Å². The number of amides is 1. The van der Waals surface area contributed by atoms with Crippen molar-refractivity contribution in [1.82, 2.24) is 5.32 Å². The van der Waals surface area contributed by atoms with Crippen molar-refractivity contribution < 1.29 is 14.3 Å². The summed E-state index contributed by atoms with van der Waals surface area (Å²) in [6, 6.07) is 9.64. The minimum absolute atomic E-state index is 0.0885. The highest BCUT2D eigenvalue weighted by Crippen LogP contribution is 2.27. The summed E-state index contributed by atoms with van der Waals surface area (Å²) in [6.45, 7) is 11.5. The standard InChI is InChI=1S/C21H27NO3/c1-6-22-21(23)17-8-9-19(24-7-2)18(12-17)13-25-20-11-14(3)10-15(4)16(20)5/h8-12H,6-7,13H2,1-5H3,(H,22,23). The number of benzene rings is 2. The Morgan fingerprint density at radius 1 is 1.00 bits per heavy atom. The number of carbonyl (C=O) groups excluding carboxylic acids is 1. The summed E-state index contributed by atoms with van der Waals surface area (Å²) in [6.07, 6.45) is 0. The molecule has 0 spiro atoms. The van der Waals surface area contributed by atoms with Gasteiger partial charge in [-0.25, -0.2) is 0 Å². The van der Waals surface area contributed by atoms with Crippen LogP contribution in [0.15, 0.2) is 30.3 Å². The summed E-state index contributed by atoms with van der Waals surface area (Å²) in [7, 11) is 0. The van der Waals surface area contributed by atoms with Gasteiger partial charge >= 0.3 is 0 Å². The molecule has 2 aromatic rings. The van der Waals surface area contributed by atoms with E-state index in [2.05, 4.69) is 32.2 Å². The predicted octanol–water partition coefficient (Wildman–Crippen LogP) is 4.34. The van der Waals surface area contributed by atoms with Crippen molar-refractivity contribution in [2.45, 2.75) is 41.2 Å². The van der Waals surface area contributed by atoms with Crippen LogP contribution in [0.25, 0.3) is 0 Å². The lowest BCUT2D eigenvalue weighted by Crippen LogP contribution is -2.22. The first kappa shape index (κ1) is 18.8. The van der Waals surface area contributed by atoms with Gasteiger partial charge in [0.2, 0.25) is 0 Å². The lowest BCUT2D eigenvalue weighted by molar-refractivity contribution is 0.0955. The maximum atomic E-state index is 12.1. The molecule has 4 heteroatoms. The molecule has 1 amide bonds. The molecule has 0 aliphatic carbocycles. The SMILES string of the molecule is CCNC(=O)c1ccc(OCC)c(COc2cc(C)cc(C)c2C)c1. The second-order valence-electron chi connectivity index (χ2n) is 6.11. The van der Waals surface area contributed by atoms with Gasteiger partial charge in [0.05, 0.1) is 6.61 Å². The van der Waals surface area contributed by atoms with Gasteiger partial charge in [-0.1, -0.05) is 6.07 Å². The molecule has 0 saturated heterocycles. The van der Waals surface area contributed by atoms with E-state index in [-0.39, 0.29) is 5.91 Å². The predicted molar refractivity (Wildman–Crippen MR) is 101 cm³/mol. The fourth-order valence-corrected chi connectivity index (χ4v) is 2.70. The molecular weight excluding hydrogens is 314 g/mol. The van der Waals surface area contributed by atoms with Gasteiger partial charge in [0.1, 0.15) is 18.1 Å². The lowest BCUT2D eigenvalue weighted by atomic mass is 10.1. The summed E-state index contributed by atoms with van der Waals surface area (Å²) in [5, 5.41) is 2.82. The maximum Gasteiger partial charge on any atom is 0.251 e. The van der Waals surface area contributed by atoms with Crippen molar-refractivity contribution in [3.8, 4) is 11.5 Å². The smallest absolute Gasteiger partial charge is 0.251 e. The largest absolute Gasteiger partial charge is 0.493 e. The topological polar surface area (TPSA) is 47.6 Å². The molecule has 2 aromatic carbocycles. The van der Waals surface area contributed by atoms with Crippen LogP contribution in [-0.4, -0.2) is 19.1 Å². The van der Waals surface area contributed by atoms with Crippen LogP contribution in [0.3, 0.4) is 0 Å². The Morgan fingerprint density at radius 2 is 1.76 bits per heavy atom. The highest BCUT2D eigenvalue weighted by molar-refractivity contribution is 5.94. The third kappa shape index (κ3) is 4.75. The van der Waals surface area contributed by atoms with Gasteiger partial charge < -0.3 is 14.8 Å². The number of hydrogen-bond acceptors (Lipinski definition) is 3. The van der Waals surface area contributed by atoms with Crippen molar-refractivity contribution in [2.24, 2.45) is 0 Å². The van der Waals surface area contributed by atoms with Crippen LogP contribution in [-0.2, 0) is 6.61 Å². The second kappa shape index (κ2) is 8.56. The first-order valence-electron chi connectivity index (χ1n) is 8.70. The molecule has 0 saturated carbocycles. The minimum atomic E-state index is -0.0885. The lowest BCUT2D eigenvalue weighted by Gasteiger charge is -2.15. The summed E-state index contributed by atoms with van der Waals surface area (Å²) >= 11 is 0. The van der Waals surface area contributed by atoms with Gasteiger partial charge in [-0.05, 0) is 75.6 Å². The van der Waals surface area contributed by atoms with E-state index in [0.29, 0.717) is 25.3 Å². The molecule has 25 heavy (non-hydrogen) atoms. The molecule has 1 N–H and O–H groups in total. The molecule has 4 nitrogen and oxygen atoms in total. The minimum Gasteiger partial charge on any atom is -0.493 e. The van der Waals surface area contributed by atoms with Crippen LogP contribution in [0.2, 0.25) is 0 Å². The number of aryl methyl sites for hydroxylation is 2. The van der Waals surface area contributed by atoms with Crippen LogP contribution in [0.1, 0.15) is 46.5 Å². The fourth-order valence-electron chi connectivity index (χ4n) is 2.70. The molecule has 0 aliphatic rings. The van der Waals surface area contributed by atoms with Gasteiger partial charge in [0, 0.05) is 17.7 Å². The first-order valence-corrected chi connectivity index (χ1v) is 8.70. The van der Waals surface area contributed by atoms with Gasteiger partial charge in [0.15, 0.2) is 0 Å². The Kier molecular flexibility index (Phi) is 6.45. The van der Waals surface area contributed by atoms with Crippen LogP contribution >= 0.6 is 0 Å². The number of rotatable bonds is 7. The van der Waals surface area contributed by atoms with E-state index in [1.54, 1.807) is 6.07 Å². The average Bonchev–Trinajstić information content (AvgIpc) is 2.58. The van der Waals surface area contributed by atoms with Crippen LogP contribution in [0.5, 0.6) is 11.5 Å². The average molecular weight is 341 g/mol. The van der Waals surface area contributed by atoms with Gasteiger partial charge in [-0.15, -0.1) is 0 Å². The normalized spacial score (nSPS) is 10.4. The number of nitrogens with one attached hydrogen (secondary N) is 1. The van der Waals surface area contributed by atoms with E-state index in [0.717, 1.165) is 22.6 Å². The molecule has 0 unspecified atom stereocenters. The Morgan fingerprint density at radius 3 is 2.44 bits per heavy atom. The Balaban J connectivity index is 2.27. The summed E-state index contributed by atoms with van der Waals surface area (Å²) in [5.74, 6) is 1.52. The van der Waals surface area contributed by atoms with Crippen molar-refractivity contribution in [2.75, 3.05) is 13.2 Å². The Hall–Kier alpha value is -2.49. The van der Waals surface area contributed by atoms with Crippen molar-refractivity contribution in [3.63, 3.8) is 0 Å². The summed E-state index contributed by atoms with van der Waals surface area (Å²) < 4.78 is 11.7. The zero-order valence-electron chi connectivity index (χ0n) is 15.7. The van der Waals surface area contributed by atoms with E-state index < -0.39 is 0 Å². The van der Waals surface area contributed by atoms with Crippen LogP contribution in [0, 0.1) is 20.8 Å². The highest BCUT2D eigenvalue weighted by Gasteiger charge is 2.12. The van der Waals surface area contributed by atoms with E-state index in [9.17, 15) is 4.79 Å². The number of ether oxygens (including phenoxy) is 2. The zero-order chi connectivity index (χ0) is 18.4. The third-order valence-corrected chi connectivity index (χ3v) is 4.11. The molecule has 134 valence electrons. The summed E-state index contributed by atoms with van der Waals surface area (Å²) in [4.78, 5) is 12.1. The van der Waals surface area contributed by atoms with Gasteiger partial charge in [-0.3, -0.25) is 4.79 Å². The Bertz CT molecular complexity index is 753. The van der Waals surface area contributed by atoms with Crippen LogP contribution in [0.4, 0.5) is 0 Å². The van der Waals surface area contributed by atoms with Crippen LogP contribution < -0.4 is 14.8 Å². The molecule has 0 aliphatic heterocycles. The number of carbonyl (C=O) groups is 1. The molecule has 0 radical (unpaired) electrons. The summed E-state index contributed by atoms with van der Waals surface area (Å²) in [5.41, 5.74) is 4.98. The molecule has 0 heterocycles. The van der Waals surface area contributed by atoms with E-state index >= 15 is 0 Å². The maximum absolute atomic E-state index is 12.1. The first-order chi connectivity index (χ1) is 12.0. The van der Waals surface area contributed by atoms with E-state index in [1.807, 2.05) is 32.0 Å². The van der Waals surface area contributed by atoms with Gasteiger partial charge in [0.25, 0.3) is 5.91 Å². The second-order valence-corrected chi connectivity index (χ2v) is 6.11. The fraction of sp³-hybridized carbons (Fsp3) is 0.381. The highest BCUT2D eigenvalue weighted by atomic mass is 16.5. The van der Waals surface area contributed by atoms with Gasteiger partial charge in [-0.2, -0.15) is 0 Å². The third-order valence-electron chi connectivity index (χ3n) is 4.11. The number of hydrogen-bond donors (Lipinski definition) is 1. The monoisotopic (exact) mass is 341 g/mol. The molecule has 0 fully saturated rings. The Labute approximate surface area is 150 Å². The van der Waals surface area contributed by atoms with Crippen molar-refractivity contribution in [1.29, 1.82) is 0 Å².